The van der Waals surface area contributed by atoms with Crippen molar-refractivity contribution in [3.8, 4) is 0 Å². The van der Waals surface area contributed by atoms with E-state index in [1.807, 2.05) is 0 Å². The standard InChI is InChI=1S/C17H37NO6/c1-3-4-5-6-7-8-9-13(20)10-18(2)11-14(21)16(23)17(24)15(22)12-19/h13-17,19-24H,3-12H2,1-2H3/t13?,14-,15+,16+,17+/m0/s1. The molecule has 0 saturated heterocycles. The molecule has 7 nitrogen and oxygen atoms in total. The van der Waals surface area contributed by atoms with Crippen LogP contribution >= 0.6 is 0 Å². The Morgan fingerprint density at radius 2 is 1.29 bits per heavy atom. The van der Waals surface area contributed by atoms with Crippen LogP contribution in [-0.2, 0) is 0 Å². The first-order chi connectivity index (χ1) is 11.3. The number of aliphatic hydroxyl groups excluding tert-OH is 6. The topological polar surface area (TPSA) is 125 Å². The molecule has 0 aliphatic rings. The zero-order chi connectivity index (χ0) is 18.5. The van der Waals surface area contributed by atoms with Gasteiger partial charge in [0.25, 0.3) is 0 Å². The molecule has 0 bridgehead atoms. The summed E-state index contributed by atoms with van der Waals surface area (Å²) in [6.07, 6.45) is 1.18. The summed E-state index contributed by atoms with van der Waals surface area (Å²) in [5.74, 6) is 0. The Bertz CT molecular complexity index is 294. The molecular formula is C17H37NO6. The van der Waals surface area contributed by atoms with Crippen LogP contribution in [0, 0.1) is 0 Å². The van der Waals surface area contributed by atoms with Crippen LogP contribution in [0.3, 0.4) is 0 Å². The maximum absolute atomic E-state index is 10.0. The molecule has 0 aromatic rings. The Morgan fingerprint density at radius 1 is 0.750 bits per heavy atom. The predicted molar refractivity (Wildman–Crippen MR) is 92.6 cm³/mol. The minimum Gasteiger partial charge on any atom is -0.394 e. The van der Waals surface area contributed by atoms with E-state index in [9.17, 15) is 25.5 Å². The number of hydrogen-bond donors (Lipinski definition) is 6. The average molecular weight is 351 g/mol. The van der Waals surface area contributed by atoms with Crippen LogP contribution in [-0.4, -0.2) is 92.8 Å². The van der Waals surface area contributed by atoms with Gasteiger partial charge in [0.1, 0.15) is 18.3 Å². The van der Waals surface area contributed by atoms with Crippen LogP contribution in [0.4, 0.5) is 0 Å². The fraction of sp³-hybridized carbons (Fsp3) is 1.00. The van der Waals surface area contributed by atoms with Crippen LogP contribution in [0.15, 0.2) is 0 Å². The third-order valence-corrected chi connectivity index (χ3v) is 4.24. The van der Waals surface area contributed by atoms with E-state index in [0.717, 1.165) is 12.8 Å². The van der Waals surface area contributed by atoms with Crippen molar-refractivity contribution in [3.05, 3.63) is 0 Å². The highest BCUT2D eigenvalue weighted by atomic mass is 16.4. The smallest absolute Gasteiger partial charge is 0.111 e. The monoisotopic (exact) mass is 351 g/mol. The minimum absolute atomic E-state index is 0.0456. The highest BCUT2D eigenvalue weighted by molar-refractivity contribution is 4.82. The van der Waals surface area contributed by atoms with Crippen molar-refractivity contribution in [2.75, 3.05) is 26.7 Å². The molecule has 0 aliphatic carbocycles. The van der Waals surface area contributed by atoms with Crippen molar-refractivity contribution in [2.45, 2.75) is 82.4 Å². The Hall–Kier alpha value is -0.280. The van der Waals surface area contributed by atoms with Gasteiger partial charge in [0, 0.05) is 13.1 Å². The molecule has 0 aromatic carbocycles. The zero-order valence-corrected chi connectivity index (χ0v) is 15.1. The summed E-state index contributed by atoms with van der Waals surface area (Å²) in [6.45, 7) is 1.88. The lowest BCUT2D eigenvalue weighted by Gasteiger charge is -2.29. The Morgan fingerprint density at radius 3 is 1.88 bits per heavy atom. The van der Waals surface area contributed by atoms with E-state index in [4.69, 9.17) is 5.11 Å². The number of unbranched alkanes of at least 4 members (excludes halogenated alkanes) is 5. The molecule has 0 saturated carbocycles. The highest BCUT2D eigenvalue weighted by Gasteiger charge is 2.30. The van der Waals surface area contributed by atoms with Crippen LogP contribution in [0.2, 0.25) is 0 Å². The van der Waals surface area contributed by atoms with Crippen LogP contribution in [0.25, 0.3) is 0 Å². The van der Waals surface area contributed by atoms with Gasteiger partial charge >= 0.3 is 0 Å². The molecule has 146 valence electrons. The third kappa shape index (κ3) is 10.6. The summed E-state index contributed by atoms with van der Waals surface area (Å²) in [4.78, 5) is 1.67. The van der Waals surface area contributed by atoms with E-state index in [-0.39, 0.29) is 6.54 Å². The molecule has 7 heteroatoms. The van der Waals surface area contributed by atoms with E-state index in [2.05, 4.69) is 6.92 Å². The first kappa shape index (κ1) is 23.7. The van der Waals surface area contributed by atoms with E-state index in [1.54, 1.807) is 11.9 Å². The molecule has 0 fully saturated rings. The number of likely N-dealkylation sites (N-methyl/N-ethyl adjacent to an activating group) is 1. The molecule has 0 aromatic heterocycles. The minimum atomic E-state index is -1.62. The Balaban J connectivity index is 3.95. The Labute approximate surface area is 145 Å². The largest absolute Gasteiger partial charge is 0.394 e. The molecule has 24 heavy (non-hydrogen) atoms. The van der Waals surface area contributed by atoms with Crippen LogP contribution in [0.1, 0.15) is 51.9 Å². The second kappa shape index (κ2) is 13.9. The van der Waals surface area contributed by atoms with Gasteiger partial charge in [-0.1, -0.05) is 45.4 Å². The van der Waals surface area contributed by atoms with Crippen LogP contribution in [0.5, 0.6) is 0 Å². The van der Waals surface area contributed by atoms with E-state index < -0.39 is 37.1 Å². The predicted octanol–water partition coefficient (Wildman–Crippen LogP) is -0.534. The maximum Gasteiger partial charge on any atom is 0.111 e. The van der Waals surface area contributed by atoms with Crippen molar-refractivity contribution in [3.63, 3.8) is 0 Å². The van der Waals surface area contributed by atoms with Gasteiger partial charge in [0.15, 0.2) is 0 Å². The van der Waals surface area contributed by atoms with Gasteiger partial charge in [0.2, 0.25) is 0 Å². The Kier molecular flexibility index (Phi) is 13.8. The first-order valence-electron chi connectivity index (χ1n) is 9.03. The molecule has 6 N–H and O–H groups in total. The van der Waals surface area contributed by atoms with E-state index >= 15 is 0 Å². The van der Waals surface area contributed by atoms with Gasteiger partial charge in [-0.05, 0) is 13.5 Å². The number of rotatable bonds is 15. The van der Waals surface area contributed by atoms with Gasteiger partial charge in [-0.25, -0.2) is 0 Å². The van der Waals surface area contributed by atoms with Gasteiger partial charge < -0.3 is 35.5 Å². The quantitative estimate of drug-likeness (QED) is 0.219. The molecule has 0 heterocycles. The third-order valence-electron chi connectivity index (χ3n) is 4.24. The SMILES string of the molecule is CCCCCCCCC(O)CN(C)C[C@H](O)[C@@H](O)[C@H](O)[C@H](O)CO. The molecular weight excluding hydrogens is 314 g/mol. The lowest BCUT2D eigenvalue weighted by atomic mass is 10.0. The van der Waals surface area contributed by atoms with E-state index in [1.165, 1.54) is 25.7 Å². The maximum atomic E-state index is 10.0. The summed E-state index contributed by atoms with van der Waals surface area (Å²) in [6, 6.07) is 0. The fourth-order valence-corrected chi connectivity index (χ4v) is 2.68. The summed E-state index contributed by atoms with van der Waals surface area (Å²) in [5.41, 5.74) is 0. The second-order valence-electron chi connectivity index (χ2n) is 6.73. The lowest BCUT2D eigenvalue weighted by Crippen LogP contribution is -2.49. The fourth-order valence-electron chi connectivity index (χ4n) is 2.68. The number of nitrogens with zero attached hydrogens (tertiary/aromatic N) is 1. The normalized spacial score (nSPS) is 18.4. The zero-order valence-electron chi connectivity index (χ0n) is 15.1. The summed E-state index contributed by atoms with van der Waals surface area (Å²) in [7, 11) is 1.70. The molecule has 0 amide bonds. The van der Waals surface area contributed by atoms with Crippen molar-refractivity contribution in [1.29, 1.82) is 0 Å². The average Bonchev–Trinajstić information content (AvgIpc) is 2.55. The summed E-state index contributed by atoms with van der Waals surface area (Å²) < 4.78 is 0. The van der Waals surface area contributed by atoms with Crippen molar-refractivity contribution < 1.29 is 30.6 Å². The van der Waals surface area contributed by atoms with Crippen LogP contribution < -0.4 is 0 Å². The van der Waals surface area contributed by atoms with E-state index in [0.29, 0.717) is 13.0 Å². The molecule has 5 atom stereocenters. The van der Waals surface area contributed by atoms with Gasteiger partial charge in [-0.2, -0.15) is 0 Å². The molecule has 0 rings (SSSR count). The van der Waals surface area contributed by atoms with Crippen molar-refractivity contribution in [2.24, 2.45) is 0 Å². The highest BCUT2D eigenvalue weighted by Crippen LogP contribution is 2.10. The second-order valence-corrected chi connectivity index (χ2v) is 6.73. The number of aliphatic hydroxyl groups is 6. The summed E-state index contributed by atoms with van der Waals surface area (Å²) in [5, 5.41) is 57.2. The van der Waals surface area contributed by atoms with Gasteiger partial charge in [0.05, 0.1) is 18.8 Å². The number of hydrogen-bond acceptors (Lipinski definition) is 7. The summed E-state index contributed by atoms with van der Waals surface area (Å²) >= 11 is 0. The lowest BCUT2D eigenvalue weighted by molar-refractivity contribution is -0.119. The van der Waals surface area contributed by atoms with Gasteiger partial charge in [-0.15, -0.1) is 0 Å². The van der Waals surface area contributed by atoms with Crippen molar-refractivity contribution in [1.82, 2.24) is 4.90 Å². The first-order valence-corrected chi connectivity index (χ1v) is 9.03. The molecule has 0 radical (unpaired) electrons. The van der Waals surface area contributed by atoms with Gasteiger partial charge in [-0.3, -0.25) is 0 Å². The molecule has 1 unspecified atom stereocenters. The molecule has 0 spiro atoms. The van der Waals surface area contributed by atoms with Crippen molar-refractivity contribution >= 4 is 0 Å². The molecule has 0 aliphatic heterocycles.